The van der Waals surface area contributed by atoms with Gasteiger partial charge in [-0.2, -0.15) is 15.8 Å². The lowest BCUT2D eigenvalue weighted by Gasteiger charge is -2.29. The number of aromatic nitrogens is 1. The lowest BCUT2D eigenvalue weighted by Crippen LogP contribution is -2.12. The van der Waals surface area contributed by atoms with Crippen LogP contribution in [0.25, 0.3) is 57.9 Å². The molecule has 9 aromatic carbocycles. The van der Waals surface area contributed by atoms with E-state index in [2.05, 4.69) is 181 Å². The number of nitrogens with zero attached hydrogens (tertiary/aromatic N) is 6. The Morgan fingerprint density at radius 3 is 1.12 bits per heavy atom. The number of ketones is 1. The van der Waals surface area contributed by atoms with Crippen LogP contribution in [-0.4, -0.2) is 17.1 Å². The lowest BCUT2D eigenvalue weighted by atomic mass is 9.85. The average molecular weight is 1050 g/mol. The maximum atomic E-state index is 11.4. The third-order valence-corrected chi connectivity index (χ3v) is 14.4. The van der Waals surface area contributed by atoms with E-state index in [0.29, 0.717) is 33.6 Å². The molecule has 0 saturated carbocycles. The molecule has 0 aliphatic carbocycles. The Kier molecular flexibility index (Phi) is 15.9. The van der Waals surface area contributed by atoms with Gasteiger partial charge in [-0.05, 0) is 126 Å². The van der Waals surface area contributed by atoms with Crippen molar-refractivity contribution < 1.29 is 9.59 Å². The smallest absolute Gasteiger partial charge is 0.176 e. The summed E-state index contributed by atoms with van der Waals surface area (Å²) in [6.07, 6.45) is 9.55. The Bertz CT molecular complexity index is 4000. The average Bonchev–Trinajstić information content (AvgIpc) is 4.02. The number of nitriles is 3. The van der Waals surface area contributed by atoms with E-state index in [0.717, 1.165) is 96.0 Å². The van der Waals surface area contributed by atoms with Gasteiger partial charge in [0.15, 0.2) is 12.1 Å². The molecule has 0 spiro atoms. The van der Waals surface area contributed by atoms with Crippen LogP contribution < -0.4 is 9.80 Å². The summed E-state index contributed by atoms with van der Waals surface area (Å²) >= 11 is 0. The number of aldehydes is 1. The van der Waals surface area contributed by atoms with Crippen molar-refractivity contribution >= 4 is 70.5 Å². The zero-order valence-corrected chi connectivity index (χ0v) is 45.3. The minimum atomic E-state index is -0.117. The number of benzene rings is 9. The molecule has 388 valence electrons. The second-order valence-electron chi connectivity index (χ2n) is 19.7. The quantitative estimate of drug-likeness (QED) is 0.109. The Morgan fingerprint density at radius 1 is 0.444 bits per heavy atom. The molecule has 10 aromatic rings. The van der Waals surface area contributed by atoms with E-state index in [1.165, 1.54) is 11.1 Å². The van der Waals surface area contributed by atoms with Gasteiger partial charge in [-0.3, -0.25) is 9.59 Å². The molecule has 2 aliphatic heterocycles. The minimum Gasteiger partial charge on any atom is -0.309 e. The highest BCUT2D eigenvalue weighted by atomic mass is 16.1. The van der Waals surface area contributed by atoms with Crippen molar-refractivity contribution in [3.8, 4) is 51.8 Å². The molecule has 12 rings (SSSR count). The highest BCUT2D eigenvalue weighted by molar-refractivity contribution is 5.98. The van der Waals surface area contributed by atoms with Gasteiger partial charge >= 0.3 is 0 Å². The number of carbonyl (C=O) groups excluding carboxylic acids is 2. The van der Waals surface area contributed by atoms with Crippen molar-refractivity contribution in [1.29, 1.82) is 15.8 Å². The summed E-state index contributed by atoms with van der Waals surface area (Å²) in [5.74, 6) is -0.117. The molecule has 81 heavy (non-hydrogen) atoms. The predicted molar refractivity (Wildman–Crippen MR) is 329 cm³/mol. The van der Waals surface area contributed by atoms with Crippen molar-refractivity contribution in [2.24, 2.45) is 0 Å². The second-order valence-corrected chi connectivity index (χ2v) is 19.7. The van der Waals surface area contributed by atoms with Crippen LogP contribution in [0.1, 0.15) is 82.8 Å². The van der Waals surface area contributed by atoms with Gasteiger partial charge in [0.05, 0.1) is 57.8 Å². The fourth-order valence-corrected chi connectivity index (χ4v) is 10.7. The SMILES string of the molecule is Cc1cc(N2c3ccccc3C=Cc3ccccc32)cc(C)c1-c1c(C#N)c(-c2ccccc2)nc(-c2ccccc2)c1C#N.Cc1cc(N2c3ccccc3C=Cc3ccccc32)cc(C)c1C=O.N#CCC(=O)c1ccccc1. The normalized spacial score (nSPS) is 11.4. The van der Waals surface area contributed by atoms with Crippen molar-refractivity contribution in [1.82, 2.24) is 4.98 Å². The standard InChI is InChI=1S/C41H28N4.C23H19NO.C9H7NO/c1-27-23-33(45-36-19-11-9-13-29(36)21-22-30-14-10-12-20-37(30)45)24-28(2)38(27)39-34(25-42)40(31-15-5-3-6-16-31)44-41(35(39)26-43)32-17-7-4-8-18-32;1-16-13-20(14-17(2)21(16)15-25)24-22-9-5-3-7-18(22)11-12-19-8-4-6-10-23(19)24;10-7-6-9(11)8-4-2-1-3-5-8/h3-24H,1-2H3;3-15H,1-2H3;1-5H,6H2. The van der Waals surface area contributed by atoms with Crippen LogP contribution in [0.2, 0.25) is 0 Å². The van der Waals surface area contributed by atoms with Gasteiger partial charge in [0.1, 0.15) is 12.1 Å². The summed E-state index contributed by atoms with van der Waals surface area (Å²) in [5, 5.41) is 29.6. The molecule has 0 N–H and O–H groups in total. The molecule has 0 amide bonds. The van der Waals surface area contributed by atoms with Crippen LogP contribution in [0.5, 0.6) is 0 Å². The van der Waals surface area contributed by atoms with Crippen molar-refractivity contribution in [2.75, 3.05) is 9.80 Å². The number of fused-ring (bicyclic) bond motifs is 4. The number of Topliss-reactive ketones (excluding diaryl/α,β-unsaturated/α-hetero) is 1. The number of aryl methyl sites for hydroxylation is 4. The van der Waals surface area contributed by atoms with Gasteiger partial charge in [-0.1, -0.05) is 188 Å². The van der Waals surface area contributed by atoms with Crippen molar-refractivity contribution in [3.05, 3.63) is 279 Å². The fourth-order valence-electron chi connectivity index (χ4n) is 10.7. The third-order valence-electron chi connectivity index (χ3n) is 14.4. The lowest BCUT2D eigenvalue weighted by molar-refractivity contribution is 0.0997. The minimum absolute atomic E-state index is 0.0377. The first-order valence-electron chi connectivity index (χ1n) is 26.6. The molecule has 3 heterocycles. The van der Waals surface area contributed by atoms with Crippen LogP contribution in [0.3, 0.4) is 0 Å². The van der Waals surface area contributed by atoms with Gasteiger partial charge in [0.25, 0.3) is 0 Å². The van der Waals surface area contributed by atoms with E-state index in [9.17, 15) is 20.1 Å². The maximum absolute atomic E-state index is 11.4. The summed E-state index contributed by atoms with van der Waals surface area (Å²) < 4.78 is 0. The van der Waals surface area contributed by atoms with Crippen molar-refractivity contribution in [3.63, 3.8) is 0 Å². The second kappa shape index (κ2) is 24.1. The molecule has 0 unspecified atom stereocenters. The Labute approximate surface area is 473 Å². The van der Waals surface area contributed by atoms with Gasteiger partial charge in [0.2, 0.25) is 0 Å². The fraction of sp³-hybridized carbons (Fsp3) is 0.0685. The topological polar surface area (TPSA) is 125 Å². The summed E-state index contributed by atoms with van der Waals surface area (Å²) in [5.41, 5.74) is 21.5. The molecule has 8 heteroatoms. The van der Waals surface area contributed by atoms with E-state index in [4.69, 9.17) is 10.2 Å². The summed E-state index contributed by atoms with van der Waals surface area (Å²) in [6.45, 7) is 8.11. The van der Waals surface area contributed by atoms with E-state index in [-0.39, 0.29) is 12.2 Å². The predicted octanol–water partition coefficient (Wildman–Crippen LogP) is 18.2. The third kappa shape index (κ3) is 11.0. The van der Waals surface area contributed by atoms with E-state index < -0.39 is 0 Å². The first-order chi connectivity index (χ1) is 39.6. The molecule has 0 radical (unpaired) electrons. The van der Waals surface area contributed by atoms with Crippen LogP contribution in [0.15, 0.2) is 212 Å². The Hall–Kier alpha value is -11.0. The number of anilines is 6. The monoisotopic (exact) mass is 1050 g/mol. The van der Waals surface area contributed by atoms with Crippen LogP contribution in [-0.2, 0) is 0 Å². The molecular formula is C73H54N6O2. The molecule has 0 saturated heterocycles. The maximum Gasteiger partial charge on any atom is 0.176 e. The molecule has 8 nitrogen and oxygen atoms in total. The largest absolute Gasteiger partial charge is 0.309 e. The number of hydrogen-bond donors (Lipinski definition) is 0. The number of rotatable bonds is 8. The van der Waals surface area contributed by atoms with E-state index >= 15 is 0 Å². The van der Waals surface area contributed by atoms with Crippen LogP contribution >= 0.6 is 0 Å². The van der Waals surface area contributed by atoms with Gasteiger partial charge in [0, 0.05) is 39.2 Å². The number of carbonyl (C=O) groups is 2. The molecule has 0 atom stereocenters. The molecule has 0 bridgehead atoms. The summed E-state index contributed by atoms with van der Waals surface area (Å²) in [4.78, 5) is 31.9. The van der Waals surface area contributed by atoms with Gasteiger partial charge in [-0.15, -0.1) is 0 Å². The van der Waals surface area contributed by atoms with Gasteiger partial charge < -0.3 is 9.80 Å². The summed E-state index contributed by atoms with van der Waals surface area (Å²) in [6, 6.07) is 77.1. The number of hydrogen-bond acceptors (Lipinski definition) is 8. The zero-order valence-electron chi connectivity index (χ0n) is 45.3. The van der Waals surface area contributed by atoms with E-state index in [1.807, 2.05) is 86.6 Å². The zero-order chi connectivity index (χ0) is 56.4. The molecule has 0 fully saturated rings. The Morgan fingerprint density at radius 2 is 0.778 bits per heavy atom. The number of para-hydroxylation sites is 4. The molecule has 2 aliphatic rings. The van der Waals surface area contributed by atoms with Crippen LogP contribution in [0, 0.1) is 61.7 Å². The first kappa shape index (κ1) is 53.4. The highest BCUT2D eigenvalue weighted by Gasteiger charge is 2.28. The highest BCUT2D eigenvalue weighted by Crippen LogP contribution is 2.47. The van der Waals surface area contributed by atoms with Gasteiger partial charge in [-0.25, -0.2) is 4.98 Å². The van der Waals surface area contributed by atoms with Crippen molar-refractivity contribution in [2.45, 2.75) is 34.1 Å². The first-order valence-corrected chi connectivity index (χ1v) is 26.6. The summed E-state index contributed by atoms with van der Waals surface area (Å²) in [7, 11) is 0. The molecule has 1 aromatic heterocycles. The number of pyridine rings is 1. The van der Waals surface area contributed by atoms with Crippen LogP contribution in [0.4, 0.5) is 34.1 Å². The van der Waals surface area contributed by atoms with E-state index in [1.54, 1.807) is 24.3 Å². The molecular weight excluding hydrogens is 993 g/mol. The Balaban J connectivity index is 0.000000170.